The second kappa shape index (κ2) is 3.70. The fourth-order valence-electron chi connectivity index (χ4n) is 1.02. The summed E-state index contributed by atoms with van der Waals surface area (Å²) in [5.74, 6) is -7.48. The standard InChI is InChI=1S/C7H2ClF7/c8-7(15)1(6(13)14)2(9)3(10)4(11)5(7)12/h5-6H. The summed E-state index contributed by atoms with van der Waals surface area (Å²) in [6, 6.07) is 0. The van der Waals surface area contributed by atoms with E-state index in [2.05, 4.69) is 11.6 Å². The number of halogens is 8. The molecule has 0 heterocycles. The summed E-state index contributed by atoms with van der Waals surface area (Å²) >= 11 is 4.58. The van der Waals surface area contributed by atoms with Gasteiger partial charge in [-0.05, 0) is 0 Å². The molecule has 0 N–H and O–H groups in total. The number of rotatable bonds is 1. The Hall–Kier alpha value is -0.720. The van der Waals surface area contributed by atoms with Gasteiger partial charge >= 0.3 is 0 Å². The summed E-state index contributed by atoms with van der Waals surface area (Å²) in [5, 5.41) is -4.11. The van der Waals surface area contributed by atoms with Crippen LogP contribution in [0.5, 0.6) is 0 Å². The van der Waals surface area contributed by atoms with E-state index in [4.69, 9.17) is 0 Å². The maximum Gasteiger partial charge on any atom is 0.267 e. The van der Waals surface area contributed by atoms with Gasteiger partial charge in [0.25, 0.3) is 11.6 Å². The molecule has 0 amide bonds. The molecule has 0 saturated carbocycles. The van der Waals surface area contributed by atoms with E-state index in [0.29, 0.717) is 0 Å². The first-order valence-electron chi connectivity index (χ1n) is 3.47. The Morgan fingerprint density at radius 3 is 2.00 bits per heavy atom. The number of allylic oxidation sites excluding steroid dienone is 4. The SMILES string of the molecule is FC1=C(F)C(F)C(F)(Cl)C(C(F)F)=C1F. The fraction of sp³-hybridized carbons (Fsp3) is 0.429. The molecule has 86 valence electrons. The van der Waals surface area contributed by atoms with Crippen molar-refractivity contribution in [2.75, 3.05) is 0 Å². The molecule has 0 aromatic rings. The predicted octanol–water partition coefficient (Wildman–Crippen LogP) is 3.88. The van der Waals surface area contributed by atoms with Crippen LogP contribution in [0, 0.1) is 0 Å². The number of hydrogen-bond donors (Lipinski definition) is 0. The van der Waals surface area contributed by atoms with Crippen LogP contribution in [0.2, 0.25) is 0 Å². The minimum Gasteiger partial charge on any atom is -0.234 e. The highest BCUT2D eigenvalue weighted by atomic mass is 35.5. The van der Waals surface area contributed by atoms with Crippen LogP contribution in [0.3, 0.4) is 0 Å². The monoisotopic (exact) mass is 254 g/mol. The molecule has 0 fully saturated rings. The van der Waals surface area contributed by atoms with E-state index in [1.54, 1.807) is 0 Å². The van der Waals surface area contributed by atoms with Gasteiger partial charge in [0.05, 0.1) is 5.57 Å². The van der Waals surface area contributed by atoms with Gasteiger partial charge in [-0.2, -0.15) is 0 Å². The van der Waals surface area contributed by atoms with Gasteiger partial charge in [0.15, 0.2) is 17.5 Å². The second-order valence-electron chi connectivity index (χ2n) is 2.68. The van der Waals surface area contributed by atoms with E-state index >= 15 is 0 Å². The van der Waals surface area contributed by atoms with Crippen molar-refractivity contribution in [3.8, 4) is 0 Å². The highest BCUT2D eigenvalue weighted by molar-refractivity contribution is 6.25. The molecule has 8 heteroatoms. The van der Waals surface area contributed by atoms with Crippen molar-refractivity contribution in [3.05, 3.63) is 23.1 Å². The van der Waals surface area contributed by atoms with Gasteiger partial charge in [0.2, 0.25) is 6.17 Å². The summed E-state index contributed by atoms with van der Waals surface area (Å²) in [7, 11) is 0. The molecule has 1 aliphatic carbocycles. The van der Waals surface area contributed by atoms with Crippen molar-refractivity contribution in [1.29, 1.82) is 0 Å². The Morgan fingerprint density at radius 2 is 1.60 bits per heavy atom. The third-order valence-corrected chi connectivity index (χ3v) is 2.15. The molecule has 0 spiro atoms. The zero-order valence-corrected chi connectivity index (χ0v) is 7.43. The summed E-state index contributed by atoms with van der Waals surface area (Å²) in [6.07, 6.45) is -7.37. The van der Waals surface area contributed by atoms with Crippen molar-refractivity contribution in [2.24, 2.45) is 0 Å². The molecule has 0 aromatic heterocycles. The molecule has 0 aliphatic heterocycles. The van der Waals surface area contributed by atoms with Crippen molar-refractivity contribution < 1.29 is 30.7 Å². The molecule has 15 heavy (non-hydrogen) atoms. The Bertz CT molecular complexity index is 343. The molecule has 2 atom stereocenters. The van der Waals surface area contributed by atoms with E-state index in [-0.39, 0.29) is 0 Å². The third-order valence-electron chi connectivity index (χ3n) is 1.76. The van der Waals surface area contributed by atoms with Crippen LogP contribution < -0.4 is 0 Å². The maximum atomic E-state index is 13.0. The zero-order chi connectivity index (χ0) is 12.0. The molecule has 0 radical (unpaired) electrons. The lowest BCUT2D eigenvalue weighted by Gasteiger charge is -2.27. The molecular weight excluding hydrogens is 253 g/mol. The molecule has 1 rings (SSSR count). The maximum absolute atomic E-state index is 13.0. The Labute approximate surface area is 84.0 Å². The van der Waals surface area contributed by atoms with E-state index in [0.717, 1.165) is 0 Å². The molecule has 2 unspecified atom stereocenters. The largest absolute Gasteiger partial charge is 0.267 e. The quantitative estimate of drug-likeness (QED) is 0.492. The predicted molar refractivity (Wildman–Crippen MR) is 38.0 cm³/mol. The van der Waals surface area contributed by atoms with Gasteiger partial charge in [0.1, 0.15) is 0 Å². The van der Waals surface area contributed by atoms with Crippen molar-refractivity contribution >= 4 is 11.6 Å². The second-order valence-corrected chi connectivity index (χ2v) is 3.23. The average Bonchev–Trinajstić information content (AvgIpc) is 2.11. The first kappa shape index (κ1) is 12.4. The van der Waals surface area contributed by atoms with Crippen molar-refractivity contribution in [2.45, 2.75) is 17.7 Å². The Balaban J connectivity index is 3.42. The summed E-state index contributed by atoms with van der Waals surface area (Å²) in [5.41, 5.74) is -2.24. The van der Waals surface area contributed by atoms with E-state index in [1.165, 1.54) is 0 Å². The van der Waals surface area contributed by atoms with Crippen LogP contribution in [0.15, 0.2) is 23.1 Å². The molecular formula is C7H2ClF7. The van der Waals surface area contributed by atoms with E-state index < -0.39 is 40.8 Å². The van der Waals surface area contributed by atoms with Crippen LogP contribution in [0.4, 0.5) is 30.7 Å². The first-order valence-corrected chi connectivity index (χ1v) is 3.84. The lowest BCUT2D eigenvalue weighted by molar-refractivity contribution is 0.0937. The van der Waals surface area contributed by atoms with Crippen LogP contribution >= 0.6 is 11.6 Å². The highest BCUT2D eigenvalue weighted by Crippen LogP contribution is 2.48. The van der Waals surface area contributed by atoms with Crippen LogP contribution in [0.1, 0.15) is 0 Å². The smallest absolute Gasteiger partial charge is 0.234 e. The van der Waals surface area contributed by atoms with Crippen molar-refractivity contribution in [3.63, 3.8) is 0 Å². The van der Waals surface area contributed by atoms with Gasteiger partial charge in [-0.3, -0.25) is 0 Å². The molecule has 0 bridgehead atoms. The molecule has 0 nitrogen and oxygen atoms in total. The molecule has 0 aromatic carbocycles. The summed E-state index contributed by atoms with van der Waals surface area (Å²) < 4.78 is 87.3. The average molecular weight is 255 g/mol. The number of hydrogen-bond acceptors (Lipinski definition) is 0. The zero-order valence-electron chi connectivity index (χ0n) is 6.68. The van der Waals surface area contributed by atoms with Crippen molar-refractivity contribution in [1.82, 2.24) is 0 Å². The van der Waals surface area contributed by atoms with Crippen LogP contribution in [0.25, 0.3) is 0 Å². The summed E-state index contributed by atoms with van der Waals surface area (Å²) in [6.45, 7) is 0. The third kappa shape index (κ3) is 1.73. The van der Waals surface area contributed by atoms with Crippen LogP contribution in [-0.4, -0.2) is 17.7 Å². The first-order chi connectivity index (χ1) is 6.71. The normalized spacial score (nSPS) is 33.0. The van der Waals surface area contributed by atoms with Gasteiger partial charge < -0.3 is 0 Å². The number of alkyl halides is 5. The Morgan fingerprint density at radius 1 is 1.13 bits per heavy atom. The van der Waals surface area contributed by atoms with Crippen LogP contribution in [-0.2, 0) is 0 Å². The lowest BCUT2D eigenvalue weighted by Crippen LogP contribution is -2.38. The topological polar surface area (TPSA) is 0 Å². The Kier molecular flexibility index (Phi) is 3.04. The van der Waals surface area contributed by atoms with E-state index in [1.807, 2.05) is 0 Å². The highest BCUT2D eigenvalue weighted by Gasteiger charge is 2.54. The minimum absolute atomic E-state index is 2.24. The minimum atomic E-state index is -4.11. The van der Waals surface area contributed by atoms with Gasteiger partial charge in [-0.15, -0.1) is 0 Å². The van der Waals surface area contributed by atoms with Gasteiger partial charge in [-0.25, -0.2) is 30.7 Å². The van der Waals surface area contributed by atoms with E-state index in [9.17, 15) is 30.7 Å². The molecule has 0 saturated heterocycles. The fourth-order valence-corrected chi connectivity index (χ4v) is 1.28. The van der Waals surface area contributed by atoms with Gasteiger partial charge in [0, 0.05) is 0 Å². The van der Waals surface area contributed by atoms with Gasteiger partial charge in [-0.1, -0.05) is 11.6 Å². The molecule has 1 aliphatic rings. The summed E-state index contributed by atoms with van der Waals surface area (Å²) in [4.78, 5) is 0. The lowest BCUT2D eigenvalue weighted by atomic mass is 9.98.